The van der Waals surface area contributed by atoms with E-state index in [0.717, 1.165) is 156 Å². The number of hydrogen-bond donors (Lipinski definition) is 10. The molecule has 614 valence electrons. The number of aromatic nitrogens is 13. The fourth-order valence-electron chi connectivity index (χ4n) is 14.9. The van der Waals surface area contributed by atoms with Crippen LogP contribution in [0.5, 0.6) is 17.2 Å². The Balaban J connectivity index is 0.000000116. The minimum Gasteiger partial charge on any atom is -0.491 e. The highest BCUT2D eigenvalue weighted by Gasteiger charge is 2.50. The van der Waals surface area contributed by atoms with Crippen LogP contribution in [0.4, 0.5) is 0 Å². The molecule has 4 aliphatic rings. The number of amides is 5. The van der Waals surface area contributed by atoms with Crippen LogP contribution < -0.4 is 40.8 Å². The van der Waals surface area contributed by atoms with Crippen molar-refractivity contribution in [3.05, 3.63) is 268 Å². The molecule has 4 fully saturated rings. The van der Waals surface area contributed by atoms with Crippen LogP contribution in [-0.4, -0.2) is 112 Å². The van der Waals surface area contributed by atoms with Crippen molar-refractivity contribution in [2.75, 3.05) is 0 Å². The number of halogens is 1. The number of H-pyrrole nitrogens is 5. The maximum Gasteiger partial charge on any atom is 0.268 e. The largest absolute Gasteiger partial charge is 0.491 e. The summed E-state index contributed by atoms with van der Waals surface area (Å²) in [5.41, 5.74) is 13.3. The first-order chi connectivity index (χ1) is 57.1. The van der Waals surface area contributed by atoms with Crippen LogP contribution in [0.1, 0.15) is 199 Å². The second-order valence-electron chi connectivity index (χ2n) is 32.5. The molecular weight excluding hydrogens is 1570 g/mol. The van der Waals surface area contributed by atoms with E-state index in [0.29, 0.717) is 28.5 Å². The molecule has 9 heterocycles. The van der Waals surface area contributed by atoms with E-state index in [-0.39, 0.29) is 76.0 Å². The fourth-order valence-corrected chi connectivity index (χ4v) is 15.2. The van der Waals surface area contributed by atoms with Crippen molar-refractivity contribution in [2.24, 2.45) is 28.2 Å². The maximum atomic E-state index is 12.7. The van der Waals surface area contributed by atoms with E-state index >= 15 is 0 Å². The average molecular weight is 1670 g/mol. The zero-order chi connectivity index (χ0) is 83.7. The standard InChI is InChI=1S/C21H22N2O2.C19H22N4O2.C18H22N4O2.C18H20N4O.C16H15BrN4O/c1-14(2)25-17-8-9-18-15(12-17)13-19(22-18)20(24)23-21(10-11-21)16-6-4-3-5-7-16;1-12(2)25-15-4-5-16-13(8-15)9-17(21-16)18(24)22-19(6-7-19)14-10-20-23(3)11-14;1-11(2)24-15-5-6-16-13(7-15)8-17(21-16)18(23)20-12(3)14-9-19-22(4)10-14;1-3-12-4-5-15-13(8-12)9-16(20-15)17(23)21-18(6-7-18)14-10-19-22(2)11-14;1-21-9-11(8-18-21)16(4-5-16)20-15(22)14-7-10-6-12(17)2-3-13(10)19-14/h3-9,12-14,22H,10-11H2,1-2H3,(H,23,24);4-5,8-12,21H,6-7H2,1-3H3,(H,22,24);5-12,21H,1-4H3,(H,20,23);4-5,8-11,20H,3,6-7H2,1-2H3,(H,21,23);2-3,6-9,19H,4-5H2,1H3,(H,20,22). The Morgan fingerprint density at radius 2 is 0.689 bits per heavy atom. The highest BCUT2D eigenvalue weighted by atomic mass is 79.9. The molecule has 5 amide bonds. The normalized spacial score (nSPS) is 15.0. The van der Waals surface area contributed by atoms with Crippen LogP contribution in [0.15, 0.2) is 206 Å². The number of carbonyl (C=O) groups is 5. The first-order valence-corrected chi connectivity index (χ1v) is 41.3. The van der Waals surface area contributed by atoms with Crippen LogP contribution in [0.2, 0.25) is 0 Å². The summed E-state index contributed by atoms with van der Waals surface area (Å²) in [5.74, 6) is 1.99. The Hall–Kier alpha value is -12.9. The molecular formula is C92H101BrN18O8. The van der Waals surface area contributed by atoms with Crippen molar-refractivity contribution in [1.82, 2.24) is 90.6 Å². The van der Waals surface area contributed by atoms with E-state index in [1.807, 2.05) is 247 Å². The van der Waals surface area contributed by atoms with Crippen molar-refractivity contribution < 1.29 is 38.2 Å². The van der Waals surface area contributed by atoms with Gasteiger partial charge in [-0.2, -0.15) is 20.4 Å². The molecule has 6 aromatic carbocycles. The van der Waals surface area contributed by atoms with Gasteiger partial charge in [-0.1, -0.05) is 59.3 Å². The number of aromatic amines is 5. The number of aryl methyl sites for hydroxylation is 5. The predicted molar refractivity (Wildman–Crippen MR) is 465 cm³/mol. The summed E-state index contributed by atoms with van der Waals surface area (Å²) in [5, 5.41) is 37.4. The molecule has 0 spiro atoms. The Morgan fingerprint density at radius 1 is 0.378 bits per heavy atom. The van der Waals surface area contributed by atoms with Gasteiger partial charge in [-0.3, -0.25) is 42.7 Å². The third-order valence-electron chi connectivity index (χ3n) is 21.9. The minimum atomic E-state index is -0.269. The van der Waals surface area contributed by atoms with Gasteiger partial charge in [0.2, 0.25) is 0 Å². The number of hydrogen-bond acceptors (Lipinski definition) is 12. The highest BCUT2D eigenvalue weighted by molar-refractivity contribution is 9.10. The smallest absolute Gasteiger partial charge is 0.268 e. The Kier molecular flexibility index (Phi) is 22.9. The summed E-state index contributed by atoms with van der Waals surface area (Å²) in [4.78, 5) is 79.1. The summed E-state index contributed by atoms with van der Waals surface area (Å²) < 4.78 is 25.2. The summed E-state index contributed by atoms with van der Waals surface area (Å²) in [7, 11) is 7.52. The first kappa shape index (κ1) is 81.2. The summed E-state index contributed by atoms with van der Waals surface area (Å²) in [6.07, 6.45) is 24.1. The van der Waals surface area contributed by atoms with Crippen molar-refractivity contribution in [3.8, 4) is 17.2 Å². The molecule has 27 heteroatoms. The maximum absolute atomic E-state index is 12.7. The molecule has 26 nitrogen and oxygen atoms in total. The Bertz CT molecular complexity index is 6200. The molecule has 9 aromatic heterocycles. The van der Waals surface area contributed by atoms with E-state index < -0.39 is 0 Å². The van der Waals surface area contributed by atoms with Gasteiger partial charge in [-0.05, 0) is 233 Å². The molecule has 0 saturated heterocycles. The van der Waals surface area contributed by atoms with E-state index in [9.17, 15) is 24.0 Å². The second-order valence-corrected chi connectivity index (χ2v) is 33.4. The topological polar surface area (TPSA) is 323 Å². The van der Waals surface area contributed by atoms with Gasteiger partial charge in [0.05, 0.1) is 71.3 Å². The second kappa shape index (κ2) is 33.6. The van der Waals surface area contributed by atoms with E-state index in [4.69, 9.17) is 14.2 Å². The number of nitrogens with one attached hydrogen (secondary N) is 10. The van der Waals surface area contributed by atoms with Crippen molar-refractivity contribution >= 4 is 100.0 Å². The fraction of sp³-hybridized carbons (Fsp3) is 0.315. The number of carbonyl (C=O) groups excluding carboxylic acids is 5. The zero-order valence-electron chi connectivity index (χ0n) is 68.9. The van der Waals surface area contributed by atoms with Gasteiger partial charge in [-0.25, -0.2) is 0 Å². The lowest BCUT2D eigenvalue weighted by atomic mass is 10.0. The molecule has 1 atom stereocenters. The Labute approximate surface area is 697 Å². The van der Waals surface area contributed by atoms with Crippen LogP contribution >= 0.6 is 15.9 Å². The van der Waals surface area contributed by atoms with Gasteiger partial charge in [0.1, 0.15) is 45.7 Å². The van der Waals surface area contributed by atoms with Gasteiger partial charge >= 0.3 is 0 Å². The van der Waals surface area contributed by atoms with Crippen LogP contribution in [0.3, 0.4) is 0 Å². The van der Waals surface area contributed by atoms with Crippen molar-refractivity contribution in [2.45, 2.75) is 160 Å². The molecule has 19 rings (SSSR count). The predicted octanol–water partition coefficient (Wildman–Crippen LogP) is 16.6. The Morgan fingerprint density at radius 3 is 1.01 bits per heavy atom. The van der Waals surface area contributed by atoms with Gasteiger partial charge < -0.3 is 65.7 Å². The molecule has 15 aromatic rings. The average Bonchev–Trinajstić information content (AvgIpc) is 1.61. The third kappa shape index (κ3) is 19.1. The zero-order valence-corrected chi connectivity index (χ0v) is 70.5. The number of benzene rings is 6. The van der Waals surface area contributed by atoms with Crippen molar-refractivity contribution in [1.29, 1.82) is 0 Å². The third-order valence-corrected chi connectivity index (χ3v) is 22.4. The van der Waals surface area contributed by atoms with Crippen LogP contribution in [0, 0.1) is 0 Å². The molecule has 10 N–H and O–H groups in total. The molecule has 119 heavy (non-hydrogen) atoms. The summed E-state index contributed by atoms with van der Waals surface area (Å²) in [6, 6.07) is 49.1. The summed E-state index contributed by atoms with van der Waals surface area (Å²) >= 11 is 3.45. The lowest BCUT2D eigenvalue weighted by molar-refractivity contribution is 0.0918. The highest BCUT2D eigenvalue weighted by Crippen LogP contribution is 2.49. The molecule has 0 aliphatic heterocycles. The number of rotatable bonds is 22. The monoisotopic (exact) mass is 1660 g/mol. The summed E-state index contributed by atoms with van der Waals surface area (Å²) in [6.45, 7) is 16.0. The SMILES string of the molecule is CC(C)Oc1ccc2[nH]c(C(=O)NC(C)c3cnn(C)c3)cc2c1.CC(C)Oc1ccc2[nH]c(C(=O)NC3(c4ccccc4)CC3)cc2c1.CC(C)Oc1ccc2[nH]c(C(=O)NC3(c4cnn(C)c4)CC3)cc2c1.CCc1ccc2[nH]c(C(=O)NC3(c4cnn(C)c4)CC3)cc2c1.Cn1cc(C2(NC(=O)c3cc4cc(Br)ccc4[nH]3)CC2)cn1. The van der Waals surface area contributed by atoms with Gasteiger partial charge in [0.15, 0.2) is 0 Å². The quantitative estimate of drug-likeness (QED) is 0.0303. The molecule has 1 unspecified atom stereocenters. The van der Waals surface area contributed by atoms with Gasteiger partial charge in [0, 0.05) is 134 Å². The van der Waals surface area contributed by atoms with E-state index in [2.05, 4.69) is 119 Å². The minimum absolute atomic E-state index is 0.0550. The van der Waals surface area contributed by atoms with Gasteiger partial charge in [-0.15, -0.1) is 0 Å². The molecule has 0 radical (unpaired) electrons. The lowest BCUT2D eigenvalue weighted by Gasteiger charge is -2.17. The molecule has 0 bridgehead atoms. The lowest BCUT2D eigenvalue weighted by Crippen LogP contribution is -2.34. The molecule has 4 saturated carbocycles. The number of nitrogens with zero attached hydrogens (tertiary/aromatic N) is 8. The first-order valence-electron chi connectivity index (χ1n) is 40.5. The van der Waals surface area contributed by atoms with Gasteiger partial charge in [0.25, 0.3) is 29.5 Å². The van der Waals surface area contributed by atoms with E-state index in [1.165, 1.54) is 11.1 Å². The van der Waals surface area contributed by atoms with E-state index in [1.54, 1.807) is 24.9 Å². The van der Waals surface area contributed by atoms with Crippen LogP contribution in [-0.2, 0) is 56.8 Å². The van der Waals surface area contributed by atoms with Crippen LogP contribution in [0.25, 0.3) is 54.5 Å². The van der Waals surface area contributed by atoms with Crippen molar-refractivity contribution in [3.63, 3.8) is 0 Å². The molecule has 4 aliphatic carbocycles. The number of fused-ring (bicyclic) bond motifs is 5. The number of ether oxygens (including phenoxy) is 3.